The molecule has 1 unspecified atom stereocenters. The summed E-state index contributed by atoms with van der Waals surface area (Å²) in [6.45, 7) is 6.45. The quantitative estimate of drug-likeness (QED) is 0.830. The zero-order chi connectivity index (χ0) is 15.2. The standard InChI is InChI=1S/C16H29N3O2/c1-3-8-18-10-6-14(7-11-18)19-9-4-5-13(16(19)21)12-15(20)17-2/h13-14H,3-12H2,1-2H3,(H,17,20). The number of piperidine rings is 2. The summed E-state index contributed by atoms with van der Waals surface area (Å²) in [6, 6.07) is 0.387. The van der Waals surface area contributed by atoms with Gasteiger partial charge < -0.3 is 15.1 Å². The SMILES string of the molecule is CCCN1CCC(N2CCCC(CC(=O)NC)C2=O)CC1. The summed E-state index contributed by atoms with van der Waals surface area (Å²) in [7, 11) is 1.64. The molecule has 2 heterocycles. The fourth-order valence-corrected chi connectivity index (χ4v) is 3.62. The highest BCUT2D eigenvalue weighted by Gasteiger charge is 2.35. The normalized spacial score (nSPS) is 25.1. The molecule has 1 atom stereocenters. The highest BCUT2D eigenvalue weighted by Crippen LogP contribution is 2.26. The number of nitrogens with zero attached hydrogens (tertiary/aromatic N) is 2. The van der Waals surface area contributed by atoms with Gasteiger partial charge in [0.15, 0.2) is 0 Å². The summed E-state index contributed by atoms with van der Waals surface area (Å²) in [5.74, 6) is 0.0825. The van der Waals surface area contributed by atoms with Crippen LogP contribution in [0.3, 0.4) is 0 Å². The van der Waals surface area contributed by atoms with Crippen molar-refractivity contribution in [3.05, 3.63) is 0 Å². The van der Waals surface area contributed by atoms with Crippen LogP contribution in [0.25, 0.3) is 0 Å². The molecule has 0 aromatic heterocycles. The fraction of sp³-hybridized carbons (Fsp3) is 0.875. The zero-order valence-corrected chi connectivity index (χ0v) is 13.4. The molecule has 5 heteroatoms. The van der Waals surface area contributed by atoms with Crippen molar-refractivity contribution in [1.29, 1.82) is 0 Å². The molecule has 2 amide bonds. The number of carbonyl (C=O) groups is 2. The molecular weight excluding hydrogens is 266 g/mol. The van der Waals surface area contributed by atoms with Crippen LogP contribution in [0.1, 0.15) is 45.4 Å². The smallest absolute Gasteiger partial charge is 0.226 e. The Morgan fingerprint density at radius 3 is 2.57 bits per heavy atom. The molecule has 0 aliphatic carbocycles. The summed E-state index contributed by atoms with van der Waals surface area (Å²) in [5, 5.41) is 2.63. The van der Waals surface area contributed by atoms with Crippen molar-refractivity contribution in [3.63, 3.8) is 0 Å². The van der Waals surface area contributed by atoms with Gasteiger partial charge in [-0.1, -0.05) is 6.92 Å². The van der Waals surface area contributed by atoms with Gasteiger partial charge in [0.1, 0.15) is 0 Å². The number of hydrogen-bond donors (Lipinski definition) is 1. The number of nitrogens with one attached hydrogen (secondary N) is 1. The molecule has 0 aromatic rings. The first-order valence-corrected chi connectivity index (χ1v) is 8.39. The van der Waals surface area contributed by atoms with Crippen LogP contribution in [0, 0.1) is 5.92 Å². The topological polar surface area (TPSA) is 52.6 Å². The molecule has 0 spiro atoms. The predicted molar refractivity (Wildman–Crippen MR) is 82.9 cm³/mol. The highest BCUT2D eigenvalue weighted by atomic mass is 16.2. The van der Waals surface area contributed by atoms with Crippen molar-refractivity contribution in [3.8, 4) is 0 Å². The molecule has 2 saturated heterocycles. The van der Waals surface area contributed by atoms with Gasteiger partial charge in [-0.2, -0.15) is 0 Å². The maximum absolute atomic E-state index is 12.6. The lowest BCUT2D eigenvalue weighted by atomic mass is 9.90. The van der Waals surface area contributed by atoms with Crippen LogP contribution in [0.4, 0.5) is 0 Å². The van der Waals surface area contributed by atoms with Crippen molar-refractivity contribution in [1.82, 2.24) is 15.1 Å². The monoisotopic (exact) mass is 295 g/mol. The van der Waals surface area contributed by atoms with Crippen LogP contribution < -0.4 is 5.32 Å². The van der Waals surface area contributed by atoms with Gasteiger partial charge in [-0.05, 0) is 38.6 Å². The second-order valence-corrected chi connectivity index (χ2v) is 6.32. The Labute approximate surface area is 128 Å². The Balaban J connectivity index is 1.88. The first kappa shape index (κ1) is 16.3. The first-order chi connectivity index (χ1) is 10.2. The maximum atomic E-state index is 12.6. The lowest BCUT2D eigenvalue weighted by Gasteiger charge is -2.42. The van der Waals surface area contributed by atoms with E-state index >= 15 is 0 Å². The summed E-state index contributed by atoms with van der Waals surface area (Å²) in [4.78, 5) is 28.7. The van der Waals surface area contributed by atoms with Gasteiger partial charge in [0.05, 0.1) is 0 Å². The molecule has 5 nitrogen and oxygen atoms in total. The van der Waals surface area contributed by atoms with Crippen molar-refractivity contribution < 1.29 is 9.59 Å². The maximum Gasteiger partial charge on any atom is 0.226 e. The number of rotatable bonds is 5. The molecule has 0 bridgehead atoms. The van der Waals surface area contributed by atoms with E-state index in [1.807, 2.05) is 0 Å². The number of hydrogen-bond acceptors (Lipinski definition) is 3. The van der Waals surface area contributed by atoms with Gasteiger partial charge in [-0.3, -0.25) is 9.59 Å². The van der Waals surface area contributed by atoms with Crippen LogP contribution >= 0.6 is 0 Å². The third-order valence-corrected chi connectivity index (χ3v) is 4.83. The molecule has 120 valence electrons. The van der Waals surface area contributed by atoms with E-state index in [-0.39, 0.29) is 17.7 Å². The van der Waals surface area contributed by atoms with Crippen LogP contribution in [-0.4, -0.2) is 60.9 Å². The van der Waals surface area contributed by atoms with Gasteiger partial charge in [0.25, 0.3) is 0 Å². The van der Waals surface area contributed by atoms with E-state index in [9.17, 15) is 9.59 Å². The van der Waals surface area contributed by atoms with Crippen LogP contribution in [0.2, 0.25) is 0 Å². The van der Waals surface area contributed by atoms with E-state index in [2.05, 4.69) is 22.0 Å². The molecule has 0 radical (unpaired) electrons. The lowest BCUT2D eigenvalue weighted by Crippen LogP contribution is -2.52. The van der Waals surface area contributed by atoms with Crippen molar-refractivity contribution in [2.24, 2.45) is 5.92 Å². The Kier molecular flexibility index (Phi) is 6.03. The van der Waals surface area contributed by atoms with Gasteiger partial charge in [0.2, 0.25) is 11.8 Å². The van der Waals surface area contributed by atoms with E-state index in [1.54, 1.807) is 7.05 Å². The Morgan fingerprint density at radius 2 is 1.95 bits per heavy atom. The minimum Gasteiger partial charge on any atom is -0.359 e. The highest BCUT2D eigenvalue weighted by molar-refractivity contribution is 5.86. The molecule has 2 aliphatic heterocycles. The second-order valence-electron chi connectivity index (χ2n) is 6.32. The van der Waals surface area contributed by atoms with Crippen LogP contribution in [0.5, 0.6) is 0 Å². The van der Waals surface area contributed by atoms with Gasteiger partial charge in [-0.15, -0.1) is 0 Å². The second kappa shape index (κ2) is 7.78. The minimum atomic E-state index is -0.104. The predicted octanol–water partition coefficient (Wildman–Crippen LogP) is 1.24. The Bertz CT molecular complexity index is 365. The lowest BCUT2D eigenvalue weighted by molar-refractivity contribution is -0.144. The molecule has 2 fully saturated rings. The average Bonchev–Trinajstić information content (AvgIpc) is 2.50. The van der Waals surface area contributed by atoms with E-state index in [1.165, 1.54) is 13.0 Å². The van der Waals surface area contributed by atoms with Crippen LogP contribution in [-0.2, 0) is 9.59 Å². The molecular formula is C16H29N3O2. The summed E-state index contributed by atoms with van der Waals surface area (Å²) in [6.07, 6.45) is 5.60. The van der Waals surface area contributed by atoms with Crippen molar-refractivity contribution in [2.75, 3.05) is 33.2 Å². The largest absolute Gasteiger partial charge is 0.359 e. The van der Waals surface area contributed by atoms with Gasteiger partial charge >= 0.3 is 0 Å². The average molecular weight is 295 g/mol. The first-order valence-electron chi connectivity index (χ1n) is 8.39. The van der Waals surface area contributed by atoms with E-state index in [0.29, 0.717) is 12.5 Å². The third-order valence-electron chi connectivity index (χ3n) is 4.83. The van der Waals surface area contributed by atoms with E-state index in [4.69, 9.17) is 0 Å². The van der Waals surface area contributed by atoms with Gasteiger partial charge in [0, 0.05) is 45.1 Å². The zero-order valence-electron chi connectivity index (χ0n) is 13.4. The molecule has 21 heavy (non-hydrogen) atoms. The number of carbonyl (C=O) groups excluding carboxylic acids is 2. The molecule has 0 saturated carbocycles. The Morgan fingerprint density at radius 1 is 1.24 bits per heavy atom. The van der Waals surface area contributed by atoms with Crippen LogP contribution in [0.15, 0.2) is 0 Å². The van der Waals surface area contributed by atoms with Gasteiger partial charge in [-0.25, -0.2) is 0 Å². The fourth-order valence-electron chi connectivity index (χ4n) is 3.62. The summed E-state index contributed by atoms with van der Waals surface area (Å²) in [5.41, 5.74) is 0. The molecule has 2 rings (SSSR count). The molecule has 2 aliphatic rings. The molecule has 1 N–H and O–H groups in total. The molecule has 0 aromatic carbocycles. The summed E-state index contributed by atoms with van der Waals surface area (Å²) >= 11 is 0. The minimum absolute atomic E-state index is 0.0204. The van der Waals surface area contributed by atoms with Crippen molar-refractivity contribution >= 4 is 11.8 Å². The number of likely N-dealkylation sites (tertiary alicyclic amines) is 2. The third kappa shape index (κ3) is 4.19. The number of amides is 2. The van der Waals surface area contributed by atoms with E-state index in [0.717, 1.165) is 45.3 Å². The summed E-state index contributed by atoms with van der Waals surface area (Å²) < 4.78 is 0. The van der Waals surface area contributed by atoms with E-state index < -0.39 is 0 Å². The Hall–Kier alpha value is -1.10. The van der Waals surface area contributed by atoms with Crippen molar-refractivity contribution in [2.45, 2.75) is 51.5 Å².